The smallest absolute Gasteiger partial charge is 0.333 e. The number of hydrogen-bond acceptors (Lipinski definition) is 10. The highest BCUT2D eigenvalue weighted by atomic mass is 32.2. The number of nitrogens with zero attached hydrogens (tertiary/aromatic N) is 5. The van der Waals surface area contributed by atoms with Crippen molar-refractivity contribution < 1.29 is 22.1 Å². The molecule has 3 atom stereocenters. The number of rotatable bonds is 8. The molecule has 1 aliphatic heterocycles. The van der Waals surface area contributed by atoms with Crippen LogP contribution in [-0.2, 0) is 30.5 Å². The van der Waals surface area contributed by atoms with E-state index in [9.17, 15) is 8.42 Å². The normalized spacial score (nSPS) is 22.1. The van der Waals surface area contributed by atoms with Gasteiger partial charge in [0.15, 0.2) is 5.82 Å². The first-order valence-electron chi connectivity index (χ1n) is 11.6. The first-order valence-corrected chi connectivity index (χ1v) is 14.0. The van der Waals surface area contributed by atoms with Gasteiger partial charge in [0.25, 0.3) is 0 Å². The summed E-state index contributed by atoms with van der Waals surface area (Å²) in [7, 11) is -2.30. The van der Waals surface area contributed by atoms with Crippen LogP contribution in [-0.4, -0.2) is 54.2 Å². The highest BCUT2D eigenvalue weighted by Gasteiger charge is 2.29. The molecule has 3 aromatic rings. The maximum atomic E-state index is 11.1. The van der Waals surface area contributed by atoms with E-state index in [-0.39, 0.29) is 18.6 Å². The van der Waals surface area contributed by atoms with Crippen LogP contribution in [0.1, 0.15) is 58.7 Å². The summed E-state index contributed by atoms with van der Waals surface area (Å²) in [6, 6.07) is 2.10. The number of ether oxygens (including phenoxy) is 2. The molecular weight excluding hydrogens is 504 g/mol. The minimum absolute atomic E-state index is 0.0397. The second-order valence-electron chi connectivity index (χ2n) is 8.95. The van der Waals surface area contributed by atoms with E-state index in [2.05, 4.69) is 26.5 Å². The van der Waals surface area contributed by atoms with Crippen LogP contribution in [0.5, 0.6) is 0 Å². The van der Waals surface area contributed by atoms with Crippen molar-refractivity contribution in [3.8, 4) is 0 Å². The van der Waals surface area contributed by atoms with Gasteiger partial charge in [-0.2, -0.15) is 13.5 Å². The molecule has 2 N–H and O–H groups in total. The van der Waals surface area contributed by atoms with Crippen LogP contribution in [0.4, 0.5) is 5.82 Å². The van der Waals surface area contributed by atoms with Crippen molar-refractivity contribution in [2.24, 2.45) is 16.0 Å². The third-order valence-corrected chi connectivity index (χ3v) is 7.90. The van der Waals surface area contributed by atoms with Gasteiger partial charge in [0.1, 0.15) is 18.5 Å². The minimum Gasteiger partial charge on any atom is -0.371 e. The molecule has 5 rings (SSSR count). The van der Waals surface area contributed by atoms with E-state index in [1.165, 1.54) is 6.33 Å². The Morgan fingerprint density at radius 3 is 3.06 bits per heavy atom. The SMILES string of the molecule is COC(c1cc(C2OCCn3ncc(C)c32)cs1)c1cncnc1N=C1CC[C@@H](COS(N)(=O)=O)C1. The molecule has 0 spiro atoms. The number of thiophene rings is 1. The van der Waals surface area contributed by atoms with Gasteiger partial charge >= 0.3 is 10.3 Å². The largest absolute Gasteiger partial charge is 0.371 e. The van der Waals surface area contributed by atoms with Gasteiger partial charge in [0.05, 0.1) is 31.6 Å². The third kappa shape index (κ3) is 5.41. The van der Waals surface area contributed by atoms with Gasteiger partial charge in [-0.25, -0.2) is 20.1 Å². The lowest BCUT2D eigenvalue weighted by molar-refractivity contribution is 0.0419. The zero-order valence-electron chi connectivity index (χ0n) is 20.0. The summed E-state index contributed by atoms with van der Waals surface area (Å²) in [5, 5.41) is 11.5. The van der Waals surface area contributed by atoms with E-state index < -0.39 is 16.4 Å². The van der Waals surface area contributed by atoms with Gasteiger partial charge in [-0.05, 0) is 54.7 Å². The number of nitrogens with two attached hydrogens (primary N) is 1. The van der Waals surface area contributed by atoms with E-state index >= 15 is 0 Å². The van der Waals surface area contributed by atoms with Crippen molar-refractivity contribution in [3.05, 3.63) is 57.4 Å². The first kappa shape index (κ1) is 25.1. The molecule has 2 aliphatic rings. The summed E-state index contributed by atoms with van der Waals surface area (Å²) in [6.07, 6.45) is 6.62. The van der Waals surface area contributed by atoms with E-state index in [0.717, 1.165) is 52.4 Å². The Labute approximate surface area is 213 Å². The second-order valence-corrected chi connectivity index (χ2v) is 11.1. The molecule has 3 aromatic heterocycles. The van der Waals surface area contributed by atoms with Crippen LogP contribution < -0.4 is 5.14 Å². The molecule has 0 bridgehead atoms. The predicted molar refractivity (Wildman–Crippen MR) is 133 cm³/mol. The number of hydrogen-bond donors (Lipinski definition) is 1. The maximum Gasteiger partial charge on any atom is 0.333 e. The maximum absolute atomic E-state index is 11.1. The zero-order chi connectivity index (χ0) is 25.3. The summed E-state index contributed by atoms with van der Waals surface area (Å²) in [6.45, 7) is 3.45. The van der Waals surface area contributed by atoms with Crippen molar-refractivity contribution in [3.63, 3.8) is 0 Å². The van der Waals surface area contributed by atoms with Crippen molar-refractivity contribution in [1.29, 1.82) is 0 Å². The van der Waals surface area contributed by atoms with Gasteiger partial charge < -0.3 is 9.47 Å². The lowest BCUT2D eigenvalue weighted by Crippen LogP contribution is -2.23. The van der Waals surface area contributed by atoms with Crippen LogP contribution in [0.15, 0.2) is 35.2 Å². The topological polar surface area (TPSA) is 144 Å². The molecule has 36 heavy (non-hydrogen) atoms. The van der Waals surface area contributed by atoms with Crippen LogP contribution in [0.2, 0.25) is 0 Å². The van der Waals surface area contributed by atoms with Crippen LogP contribution in [0, 0.1) is 12.8 Å². The van der Waals surface area contributed by atoms with Gasteiger partial charge in [-0.1, -0.05) is 0 Å². The number of aryl methyl sites for hydroxylation is 1. The fourth-order valence-electron chi connectivity index (χ4n) is 4.74. The molecule has 13 heteroatoms. The van der Waals surface area contributed by atoms with E-state index in [4.69, 9.17) is 23.8 Å². The fourth-order valence-corrected chi connectivity index (χ4v) is 6.14. The molecular formula is C23H28N6O5S2. The number of aliphatic imine (C=N–C) groups is 1. The summed E-state index contributed by atoms with van der Waals surface area (Å²) < 4.78 is 41.0. The molecule has 0 radical (unpaired) electrons. The third-order valence-electron chi connectivity index (χ3n) is 6.44. The lowest BCUT2D eigenvalue weighted by atomic mass is 10.0. The molecule has 4 heterocycles. The Bertz CT molecular complexity index is 1370. The number of aromatic nitrogens is 4. The number of methoxy groups -OCH3 is 1. The highest BCUT2D eigenvalue weighted by molar-refractivity contribution is 7.84. The molecule has 11 nitrogen and oxygen atoms in total. The molecule has 1 fully saturated rings. The van der Waals surface area contributed by atoms with Crippen molar-refractivity contribution in [2.75, 3.05) is 20.3 Å². The van der Waals surface area contributed by atoms with Crippen LogP contribution >= 0.6 is 11.3 Å². The molecule has 2 unspecified atom stereocenters. The fraction of sp³-hybridized carbons (Fsp3) is 0.478. The van der Waals surface area contributed by atoms with Crippen LogP contribution in [0.25, 0.3) is 0 Å². The Balaban J connectivity index is 1.37. The van der Waals surface area contributed by atoms with Gasteiger partial charge in [0, 0.05) is 29.5 Å². The second kappa shape index (κ2) is 10.4. The van der Waals surface area contributed by atoms with Crippen molar-refractivity contribution in [1.82, 2.24) is 19.7 Å². The van der Waals surface area contributed by atoms with Crippen LogP contribution in [0.3, 0.4) is 0 Å². The Morgan fingerprint density at radius 2 is 2.25 bits per heavy atom. The monoisotopic (exact) mass is 532 g/mol. The molecule has 0 saturated heterocycles. The summed E-state index contributed by atoms with van der Waals surface area (Å²) in [4.78, 5) is 14.4. The van der Waals surface area contributed by atoms with Crippen molar-refractivity contribution in [2.45, 2.75) is 44.9 Å². The number of fused-ring (bicyclic) bond motifs is 1. The standard InChI is InChI=1S/C23H28N6O5S2/c1-14-9-27-29-5-6-33-21(20(14)29)16-8-19(35-12-16)22(32-2)18-10-25-13-26-23(18)28-17-4-3-15(7-17)11-34-36(24,30)31/h8-10,12-13,15,21-22H,3-7,11H2,1-2H3,(H2,24,30,31)/t15-,21?,22?/m1/s1. The van der Waals surface area contributed by atoms with Gasteiger partial charge in [-0.15, -0.1) is 11.3 Å². The van der Waals surface area contributed by atoms with Crippen molar-refractivity contribution >= 4 is 33.2 Å². The summed E-state index contributed by atoms with van der Waals surface area (Å²) in [5.74, 6) is 0.579. The minimum atomic E-state index is -3.95. The molecule has 0 aromatic carbocycles. The molecule has 192 valence electrons. The van der Waals surface area contributed by atoms with Gasteiger partial charge in [-0.3, -0.25) is 8.86 Å². The van der Waals surface area contributed by atoms with E-state index in [1.54, 1.807) is 24.6 Å². The molecule has 1 saturated carbocycles. The average Bonchev–Trinajstić information content (AvgIpc) is 3.60. The Morgan fingerprint density at radius 1 is 1.39 bits per heavy atom. The van der Waals surface area contributed by atoms with E-state index in [1.807, 2.05) is 17.8 Å². The Hall–Kier alpha value is -2.55. The first-order chi connectivity index (χ1) is 17.3. The van der Waals surface area contributed by atoms with E-state index in [0.29, 0.717) is 18.8 Å². The molecule has 1 aliphatic carbocycles. The highest BCUT2D eigenvalue weighted by Crippen LogP contribution is 2.39. The average molecular weight is 533 g/mol. The van der Waals surface area contributed by atoms with Gasteiger partial charge in [0.2, 0.25) is 0 Å². The quantitative estimate of drug-likeness (QED) is 0.466. The predicted octanol–water partition coefficient (Wildman–Crippen LogP) is 2.99. The lowest BCUT2D eigenvalue weighted by Gasteiger charge is -2.24. The molecule has 0 amide bonds. The summed E-state index contributed by atoms with van der Waals surface area (Å²) in [5.41, 5.74) is 4.93. The zero-order valence-corrected chi connectivity index (χ0v) is 21.7. The summed E-state index contributed by atoms with van der Waals surface area (Å²) >= 11 is 1.59. The Kier molecular flexibility index (Phi) is 7.28.